The van der Waals surface area contributed by atoms with Crippen LogP contribution < -0.4 is 16.0 Å². The van der Waals surface area contributed by atoms with Gasteiger partial charge in [0.2, 0.25) is 11.8 Å². The number of benzene rings is 2. The van der Waals surface area contributed by atoms with Crippen LogP contribution in [0.3, 0.4) is 0 Å². The Kier molecular flexibility index (Phi) is 13.3. The SMILES string of the molecule is COCCCC(=O)NCc1ncc(-c2ccc(-c3ccc(-c4cnc(C(NC(=O)C(CCOC)NC(=O)OC)C(C)C)[nH]4)cc3)cc2)[nH]1. The predicted molar refractivity (Wildman–Crippen MR) is 182 cm³/mol. The first kappa shape index (κ1) is 35.8. The van der Waals surface area contributed by atoms with Crippen molar-refractivity contribution in [1.29, 1.82) is 0 Å². The van der Waals surface area contributed by atoms with Crippen LogP contribution in [0, 0.1) is 5.92 Å². The Morgan fingerprint density at radius 2 is 1.35 bits per heavy atom. The zero-order valence-corrected chi connectivity index (χ0v) is 28.1. The lowest BCUT2D eigenvalue weighted by Crippen LogP contribution is -2.49. The molecule has 2 atom stereocenters. The van der Waals surface area contributed by atoms with Crippen molar-refractivity contribution in [2.24, 2.45) is 5.92 Å². The zero-order chi connectivity index (χ0) is 34.5. The molecule has 4 rings (SSSR count). The van der Waals surface area contributed by atoms with Crippen LogP contribution in [0.4, 0.5) is 4.79 Å². The Bertz CT molecular complexity index is 1610. The molecular formula is C35H45N7O6. The third-order valence-electron chi connectivity index (χ3n) is 7.82. The topological polar surface area (TPSA) is 172 Å². The van der Waals surface area contributed by atoms with Gasteiger partial charge in [0.15, 0.2) is 0 Å². The second kappa shape index (κ2) is 17.8. The summed E-state index contributed by atoms with van der Waals surface area (Å²) in [6.07, 6.45) is 4.22. The van der Waals surface area contributed by atoms with Crippen LogP contribution in [0.2, 0.25) is 0 Å². The number of H-pyrrole nitrogens is 2. The van der Waals surface area contributed by atoms with E-state index in [2.05, 4.69) is 64.9 Å². The largest absolute Gasteiger partial charge is 0.453 e. The number of rotatable bonds is 17. The number of carbonyl (C=O) groups excluding carboxylic acids is 3. The number of carbonyl (C=O) groups is 3. The lowest BCUT2D eigenvalue weighted by atomic mass is 10.0. The van der Waals surface area contributed by atoms with Gasteiger partial charge in [-0.05, 0) is 34.6 Å². The number of alkyl carbamates (subject to hydrolysis) is 1. The molecule has 0 saturated heterocycles. The van der Waals surface area contributed by atoms with Crippen molar-refractivity contribution < 1.29 is 28.6 Å². The number of nitrogens with zero attached hydrogens (tertiary/aromatic N) is 2. The second-order valence-corrected chi connectivity index (χ2v) is 11.7. The van der Waals surface area contributed by atoms with Crippen LogP contribution in [0.25, 0.3) is 33.6 Å². The fraction of sp³-hybridized carbons (Fsp3) is 0.400. The Balaban J connectivity index is 1.38. The molecule has 0 spiro atoms. The van der Waals surface area contributed by atoms with Crippen molar-refractivity contribution in [3.8, 4) is 33.6 Å². The highest BCUT2D eigenvalue weighted by Crippen LogP contribution is 2.28. The summed E-state index contributed by atoms with van der Waals surface area (Å²) in [7, 11) is 4.41. The summed E-state index contributed by atoms with van der Waals surface area (Å²) in [6.45, 7) is 5.17. The van der Waals surface area contributed by atoms with Crippen LogP contribution in [0.15, 0.2) is 60.9 Å². The molecule has 0 bridgehead atoms. The maximum atomic E-state index is 13.1. The molecule has 2 heterocycles. The van der Waals surface area contributed by atoms with Crippen LogP contribution in [0.1, 0.15) is 50.8 Å². The number of methoxy groups -OCH3 is 3. The molecule has 4 aromatic rings. The first-order valence-corrected chi connectivity index (χ1v) is 15.9. The molecule has 2 unspecified atom stereocenters. The third kappa shape index (κ3) is 9.99. The van der Waals surface area contributed by atoms with Crippen LogP contribution in [-0.2, 0) is 30.3 Å². The lowest BCUT2D eigenvalue weighted by Gasteiger charge is -2.24. The molecule has 5 N–H and O–H groups in total. The Morgan fingerprint density at radius 1 is 0.771 bits per heavy atom. The number of hydrogen-bond acceptors (Lipinski definition) is 8. The minimum Gasteiger partial charge on any atom is -0.453 e. The van der Waals surface area contributed by atoms with E-state index >= 15 is 0 Å². The highest BCUT2D eigenvalue weighted by Gasteiger charge is 2.27. The fourth-order valence-electron chi connectivity index (χ4n) is 5.08. The molecule has 3 amide bonds. The highest BCUT2D eigenvalue weighted by molar-refractivity contribution is 5.86. The van der Waals surface area contributed by atoms with Gasteiger partial charge in [0.1, 0.15) is 17.7 Å². The van der Waals surface area contributed by atoms with Crippen molar-refractivity contribution in [3.05, 3.63) is 72.6 Å². The summed E-state index contributed by atoms with van der Waals surface area (Å²) in [5.74, 6) is 0.939. The fourth-order valence-corrected chi connectivity index (χ4v) is 5.08. The number of aromatic nitrogens is 4. The Hall–Kier alpha value is -5.01. The van der Waals surface area contributed by atoms with E-state index in [1.54, 1.807) is 19.5 Å². The van der Waals surface area contributed by atoms with Gasteiger partial charge in [-0.15, -0.1) is 0 Å². The monoisotopic (exact) mass is 659 g/mol. The summed E-state index contributed by atoms with van der Waals surface area (Å²) in [6, 6.07) is 15.1. The van der Waals surface area contributed by atoms with Crippen molar-refractivity contribution in [1.82, 2.24) is 35.9 Å². The maximum absolute atomic E-state index is 13.1. The van der Waals surface area contributed by atoms with Gasteiger partial charge in [-0.3, -0.25) is 9.59 Å². The normalized spacial score (nSPS) is 12.4. The minimum atomic E-state index is -0.817. The van der Waals surface area contributed by atoms with E-state index in [1.165, 1.54) is 14.2 Å². The van der Waals surface area contributed by atoms with Gasteiger partial charge < -0.3 is 40.1 Å². The van der Waals surface area contributed by atoms with Gasteiger partial charge in [-0.25, -0.2) is 14.8 Å². The van der Waals surface area contributed by atoms with Gasteiger partial charge >= 0.3 is 6.09 Å². The molecule has 0 aliphatic carbocycles. The molecule has 0 radical (unpaired) electrons. The van der Waals surface area contributed by atoms with Crippen molar-refractivity contribution >= 4 is 17.9 Å². The van der Waals surface area contributed by atoms with E-state index in [4.69, 9.17) is 9.47 Å². The summed E-state index contributed by atoms with van der Waals surface area (Å²) < 4.78 is 14.8. The molecule has 13 nitrogen and oxygen atoms in total. The Morgan fingerprint density at radius 3 is 1.94 bits per heavy atom. The van der Waals surface area contributed by atoms with E-state index in [0.717, 1.165) is 33.6 Å². The van der Waals surface area contributed by atoms with E-state index in [1.807, 2.05) is 38.1 Å². The third-order valence-corrected chi connectivity index (χ3v) is 7.82. The quantitative estimate of drug-likeness (QED) is 0.101. The molecule has 2 aromatic heterocycles. The number of amides is 3. The average molecular weight is 660 g/mol. The molecule has 13 heteroatoms. The number of ether oxygens (including phenoxy) is 3. The standard InChI is InChI=1S/C35H45N7O6/c1-22(2)32(42-34(44)27(16-18-47-4)41-35(45)48-5)33-38-20-29(40-33)26-14-10-24(11-15-26)23-8-12-25(13-9-23)28-19-36-30(39-28)21-37-31(43)7-6-17-46-3/h8-15,19-20,22,27,32H,6-7,16-18,21H2,1-5H3,(H,36,39)(H,37,43)(H,38,40)(H,41,45)(H,42,44). The van der Waals surface area contributed by atoms with Crippen molar-refractivity contribution in [3.63, 3.8) is 0 Å². The van der Waals surface area contributed by atoms with Crippen LogP contribution in [-0.4, -0.2) is 78.4 Å². The maximum Gasteiger partial charge on any atom is 0.407 e. The molecule has 0 aliphatic rings. The van der Waals surface area contributed by atoms with Crippen molar-refractivity contribution in [2.75, 3.05) is 34.5 Å². The van der Waals surface area contributed by atoms with Crippen molar-refractivity contribution in [2.45, 2.75) is 51.7 Å². The minimum absolute atomic E-state index is 0.0185. The molecule has 2 aromatic carbocycles. The molecule has 48 heavy (non-hydrogen) atoms. The summed E-state index contributed by atoms with van der Waals surface area (Å²) in [4.78, 5) is 52.5. The van der Waals surface area contributed by atoms with Gasteiger partial charge in [0.05, 0.1) is 43.5 Å². The molecule has 256 valence electrons. The van der Waals surface area contributed by atoms with Gasteiger partial charge in [0, 0.05) is 40.3 Å². The average Bonchev–Trinajstić information content (AvgIpc) is 3.79. The van der Waals surface area contributed by atoms with Gasteiger partial charge in [0.25, 0.3) is 0 Å². The molecule has 0 saturated carbocycles. The number of hydrogen-bond donors (Lipinski definition) is 5. The molecular weight excluding hydrogens is 614 g/mol. The highest BCUT2D eigenvalue weighted by atomic mass is 16.5. The summed E-state index contributed by atoms with van der Waals surface area (Å²) >= 11 is 0. The number of nitrogens with one attached hydrogen (secondary N) is 5. The van der Waals surface area contributed by atoms with Crippen LogP contribution >= 0.6 is 0 Å². The number of aromatic amines is 2. The smallest absolute Gasteiger partial charge is 0.407 e. The van der Waals surface area contributed by atoms with Gasteiger partial charge in [-0.2, -0.15) is 0 Å². The molecule has 0 fully saturated rings. The van der Waals surface area contributed by atoms with E-state index in [0.29, 0.717) is 50.7 Å². The summed E-state index contributed by atoms with van der Waals surface area (Å²) in [5.41, 5.74) is 5.74. The predicted octanol–water partition coefficient (Wildman–Crippen LogP) is 4.75. The first-order valence-electron chi connectivity index (χ1n) is 15.9. The second-order valence-electron chi connectivity index (χ2n) is 11.7. The number of imidazole rings is 2. The summed E-state index contributed by atoms with van der Waals surface area (Å²) in [5, 5.41) is 8.46. The van der Waals surface area contributed by atoms with Gasteiger partial charge in [-0.1, -0.05) is 62.4 Å². The lowest BCUT2D eigenvalue weighted by molar-refractivity contribution is -0.124. The van der Waals surface area contributed by atoms with E-state index < -0.39 is 18.2 Å². The zero-order valence-electron chi connectivity index (χ0n) is 28.1. The first-order chi connectivity index (χ1) is 23.2. The van der Waals surface area contributed by atoms with E-state index in [9.17, 15) is 14.4 Å². The van der Waals surface area contributed by atoms with Crippen LogP contribution in [0.5, 0.6) is 0 Å². The molecule has 0 aliphatic heterocycles. The van der Waals surface area contributed by atoms with E-state index in [-0.39, 0.29) is 17.7 Å². The Labute approximate surface area is 280 Å².